The molecule has 2 rings (SSSR count). The average Bonchev–Trinajstić information content (AvgIpc) is 3.07. The first kappa shape index (κ1) is 20.2. The standard InChI is InChI=1S/C18H30N4O4/c1-18(2,3)14-12-15(22-26-14)21-17(24)20-9-5-4-8-19-16(23)13-6-10-25-11-7-13/h12-13H,4-11H2,1-3H3,(H,19,23)(H2,20,21,22,24). The van der Waals surface area contributed by atoms with E-state index in [1.807, 2.05) is 20.8 Å². The van der Waals surface area contributed by atoms with Gasteiger partial charge in [-0.1, -0.05) is 25.9 Å². The predicted octanol–water partition coefficient (Wildman–Crippen LogP) is 2.42. The summed E-state index contributed by atoms with van der Waals surface area (Å²) in [6.45, 7) is 8.52. The van der Waals surface area contributed by atoms with Gasteiger partial charge >= 0.3 is 6.03 Å². The molecule has 0 bridgehead atoms. The second kappa shape index (κ2) is 9.56. The van der Waals surface area contributed by atoms with Crippen LogP contribution in [0.15, 0.2) is 10.6 Å². The van der Waals surface area contributed by atoms with E-state index in [1.165, 1.54) is 0 Å². The number of anilines is 1. The number of hydrogen-bond acceptors (Lipinski definition) is 5. The molecule has 0 unspecified atom stereocenters. The number of urea groups is 1. The van der Waals surface area contributed by atoms with E-state index >= 15 is 0 Å². The number of nitrogens with zero attached hydrogens (tertiary/aromatic N) is 1. The lowest BCUT2D eigenvalue weighted by molar-refractivity contribution is -0.127. The summed E-state index contributed by atoms with van der Waals surface area (Å²) in [7, 11) is 0. The molecule has 146 valence electrons. The Bertz CT molecular complexity index is 588. The fraction of sp³-hybridized carbons (Fsp3) is 0.722. The van der Waals surface area contributed by atoms with Gasteiger partial charge in [0, 0.05) is 43.7 Å². The van der Waals surface area contributed by atoms with Crippen molar-refractivity contribution in [3.63, 3.8) is 0 Å². The Morgan fingerprint density at radius 2 is 1.81 bits per heavy atom. The highest BCUT2D eigenvalue weighted by atomic mass is 16.5. The molecule has 26 heavy (non-hydrogen) atoms. The number of aromatic nitrogens is 1. The maximum Gasteiger partial charge on any atom is 0.320 e. The molecule has 0 radical (unpaired) electrons. The second-order valence-corrected chi connectivity index (χ2v) is 7.59. The summed E-state index contributed by atoms with van der Waals surface area (Å²) in [5.41, 5.74) is -0.154. The maximum absolute atomic E-state index is 12.0. The van der Waals surface area contributed by atoms with Crippen LogP contribution in [0.4, 0.5) is 10.6 Å². The molecule has 3 N–H and O–H groups in total. The molecular weight excluding hydrogens is 336 g/mol. The predicted molar refractivity (Wildman–Crippen MR) is 98.0 cm³/mol. The normalized spacial score (nSPS) is 15.5. The van der Waals surface area contributed by atoms with E-state index in [0.29, 0.717) is 37.9 Å². The van der Waals surface area contributed by atoms with Crippen molar-refractivity contribution in [1.29, 1.82) is 0 Å². The maximum atomic E-state index is 12.0. The molecule has 1 aromatic heterocycles. The summed E-state index contributed by atoms with van der Waals surface area (Å²) in [4.78, 5) is 23.8. The number of amides is 3. The fourth-order valence-electron chi connectivity index (χ4n) is 2.62. The highest BCUT2D eigenvalue weighted by Crippen LogP contribution is 2.24. The smallest absolute Gasteiger partial charge is 0.320 e. The van der Waals surface area contributed by atoms with Crippen LogP contribution in [-0.2, 0) is 14.9 Å². The Hall–Kier alpha value is -2.09. The van der Waals surface area contributed by atoms with Gasteiger partial charge < -0.3 is 19.9 Å². The number of rotatable bonds is 7. The molecule has 0 spiro atoms. The third-order valence-electron chi connectivity index (χ3n) is 4.27. The van der Waals surface area contributed by atoms with Gasteiger partial charge in [0.1, 0.15) is 5.76 Å². The number of carbonyl (C=O) groups is 2. The van der Waals surface area contributed by atoms with Crippen LogP contribution in [0.3, 0.4) is 0 Å². The van der Waals surface area contributed by atoms with Crippen molar-refractivity contribution in [2.24, 2.45) is 5.92 Å². The van der Waals surface area contributed by atoms with E-state index < -0.39 is 0 Å². The first-order valence-electron chi connectivity index (χ1n) is 9.24. The first-order chi connectivity index (χ1) is 12.4. The van der Waals surface area contributed by atoms with E-state index in [1.54, 1.807) is 6.07 Å². The zero-order valence-electron chi connectivity index (χ0n) is 15.9. The van der Waals surface area contributed by atoms with Crippen LogP contribution in [-0.4, -0.2) is 43.4 Å². The van der Waals surface area contributed by atoms with Gasteiger partial charge in [-0.05, 0) is 25.7 Å². The summed E-state index contributed by atoms with van der Waals surface area (Å²) in [5, 5.41) is 12.2. The number of carbonyl (C=O) groups excluding carboxylic acids is 2. The van der Waals surface area contributed by atoms with Gasteiger partial charge in [-0.25, -0.2) is 4.79 Å². The van der Waals surface area contributed by atoms with Gasteiger partial charge in [-0.2, -0.15) is 0 Å². The largest absolute Gasteiger partial charge is 0.381 e. The van der Waals surface area contributed by atoms with Gasteiger partial charge in [-0.3, -0.25) is 10.1 Å². The van der Waals surface area contributed by atoms with Crippen LogP contribution >= 0.6 is 0 Å². The molecule has 1 aliphatic heterocycles. The van der Waals surface area contributed by atoms with E-state index in [9.17, 15) is 9.59 Å². The lowest BCUT2D eigenvalue weighted by Gasteiger charge is -2.21. The third kappa shape index (κ3) is 6.67. The van der Waals surface area contributed by atoms with Crippen molar-refractivity contribution in [1.82, 2.24) is 15.8 Å². The van der Waals surface area contributed by atoms with Gasteiger partial charge in [-0.15, -0.1) is 0 Å². The molecule has 0 aliphatic carbocycles. The van der Waals surface area contributed by atoms with Gasteiger partial charge in [0.2, 0.25) is 5.91 Å². The molecule has 8 heteroatoms. The lowest BCUT2D eigenvalue weighted by atomic mass is 9.93. The number of hydrogen-bond donors (Lipinski definition) is 3. The summed E-state index contributed by atoms with van der Waals surface area (Å²) < 4.78 is 10.5. The zero-order valence-corrected chi connectivity index (χ0v) is 15.9. The van der Waals surface area contributed by atoms with Crippen LogP contribution in [0.2, 0.25) is 0 Å². The fourth-order valence-corrected chi connectivity index (χ4v) is 2.62. The van der Waals surface area contributed by atoms with Crippen molar-refractivity contribution in [3.05, 3.63) is 11.8 Å². The molecule has 8 nitrogen and oxygen atoms in total. The molecule has 0 saturated carbocycles. The molecule has 0 atom stereocenters. The van der Waals surface area contributed by atoms with Crippen molar-refractivity contribution in [2.45, 2.75) is 51.9 Å². The van der Waals surface area contributed by atoms with Crippen molar-refractivity contribution < 1.29 is 18.8 Å². The molecule has 2 heterocycles. The monoisotopic (exact) mass is 366 g/mol. The quantitative estimate of drug-likeness (QED) is 0.643. The third-order valence-corrected chi connectivity index (χ3v) is 4.27. The Morgan fingerprint density at radius 1 is 1.15 bits per heavy atom. The van der Waals surface area contributed by atoms with E-state index in [4.69, 9.17) is 9.26 Å². The number of unbranched alkanes of at least 4 members (excludes halogenated alkanes) is 1. The summed E-state index contributed by atoms with van der Waals surface area (Å²) in [5.74, 6) is 1.30. The number of ether oxygens (including phenoxy) is 1. The second-order valence-electron chi connectivity index (χ2n) is 7.59. The van der Waals surface area contributed by atoms with Crippen LogP contribution in [0.5, 0.6) is 0 Å². The molecule has 1 saturated heterocycles. The Labute approximate surface area is 154 Å². The minimum atomic E-state index is -0.315. The average molecular weight is 366 g/mol. The van der Waals surface area contributed by atoms with Crippen molar-refractivity contribution in [2.75, 3.05) is 31.6 Å². The van der Waals surface area contributed by atoms with E-state index in [0.717, 1.165) is 25.7 Å². The van der Waals surface area contributed by atoms with Gasteiger partial charge in [0.25, 0.3) is 0 Å². The molecule has 3 amide bonds. The van der Waals surface area contributed by atoms with Crippen LogP contribution < -0.4 is 16.0 Å². The van der Waals surface area contributed by atoms with E-state index in [2.05, 4.69) is 21.1 Å². The zero-order chi connectivity index (χ0) is 19.0. The Balaban J connectivity index is 1.54. The van der Waals surface area contributed by atoms with Crippen LogP contribution in [0.25, 0.3) is 0 Å². The minimum Gasteiger partial charge on any atom is -0.381 e. The van der Waals surface area contributed by atoms with Crippen LogP contribution in [0.1, 0.15) is 52.2 Å². The molecular formula is C18H30N4O4. The van der Waals surface area contributed by atoms with Gasteiger partial charge in [0.15, 0.2) is 5.82 Å². The molecule has 1 aliphatic rings. The molecule has 0 aromatic carbocycles. The molecule has 1 aromatic rings. The highest BCUT2D eigenvalue weighted by Gasteiger charge is 2.21. The minimum absolute atomic E-state index is 0.0769. The van der Waals surface area contributed by atoms with Crippen molar-refractivity contribution in [3.8, 4) is 0 Å². The Kier molecular flexibility index (Phi) is 7.44. The first-order valence-corrected chi connectivity index (χ1v) is 9.24. The van der Waals surface area contributed by atoms with Crippen LogP contribution in [0, 0.1) is 5.92 Å². The van der Waals surface area contributed by atoms with E-state index in [-0.39, 0.29) is 23.3 Å². The van der Waals surface area contributed by atoms with Crippen molar-refractivity contribution >= 4 is 17.8 Å². The Morgan fingerprint density at radius 3 is 2.42 bits per heavy atom. The summed E-state index contributed by atoms with van der Waals surface area (Å²) in [6, 6.07) is 1.41. The van der Waals surface area contributed by atoms with Gasteiger partial charge in [0.05, 0.1) is 0 Å². The lowest BCUT2D eigenvalue weighted by Crippen LogP contribution is -2.35. The summed E-state index contributed by atoms with van der Waals surface area (Å²) in [6.07, 6.45) is 3.19. The number of nitrogens with one attached hydrogen (secondary N) is 3. The molecule has 1 fully saturated rings. The highest BCUT2D eigenvalue weighted by molar-refractivity contribution is 5.88. The topological polar surface area (TPSA) is 105 Å². The SMILES string of the molecule is CC(C)(C)c1cc(NC(=O)NCCCCNC(=O)C2CCOCC2)no1. The summed E-state index contributed by atoms with van der Waals surface area (Å²) >= 11 is 0.